The van der Waals surface area contributed by atoms with Crippen molar-refractivity contribution < 1.29 is 8.42 Å². The van der Waals surface area contributed by atoms with Crippen LogP contribution < -0.4 is 9.62 Å². The molecule has 2 heterocycles. The summed E-state index contributed by atoms with van der Waals surface area (Å²) in [6.45, 7) is 7.23. The first-order valence-electron chi connectivity index (χ1n) is 5.64. The van der Waals surface area contributed by atoms with Crippen LogP contribution in [0.3, 0.4) is 0 Å². The Labute approximate surface area is 107 Å². The highest BCUT2D eigenvalue weighted by atomic mass is 32.2. The Kier molecular flexibility index (Phi) is 3.22. The van der Waals surface area contributed by atoms with Gasteiger partial charge in [0.15, 0.2) is 0 Å². The first-order chi connectivity index (χ1) is 7.84. The molecular weight excluding hydrogens is 256 g/mol. The highest BCUT2D eigenvalue weighted by Crippen LogP contribution is 2.32. The van der Waals surface area contributed by atoms with E-state index in [-0.39, 0.29) is 0 Å². The fraction of sp³-hybridized carbons (Fsp3) is 0.636. The third-order valence-corrected chi connectivity index (χ3v) is 6.64. The van der Waals surface area contributed by atoms with Crippen molar-refractivity contribution in [3.63, 3.8) is 0 Å². The maximum Gasteiger partial charge on any atom is 0.242 e. The molecule has 1 N–H and O–H groups in total. The number of aryl methyl sites for hydroxylation is 1. The van der Waals surface area contributed by atoms with Gasteiger partial charge in [-0.2, -0.15) is 0 Å². The molecule has 96 valence electrons. The van der Waals surface area contributed by atoms with Crippen LogP contribution in [0.25, 0.3) is 0 Å². The van der Waals surface area contributed by atoms with Crippen LogP contribution in [0.2, 0.25) is 0 Å². The number of anilines is 1. The topological polar surface area (TPSA) is 49.4 Å². The summed E-state index contributed by atoms with van der Waals surface area (Å²) in [7, 11) is -3.30. The number of nitrogens with one attached hydrogen (secondary N) is 1. The standard InChI is InChI=1S/C11H18N2O2S2/c1-9-4-5-10(16-9)13-7-6-12-8-11(2,3)17(13,14)15/h4-5,12H,6-8H2,1-3H3. The molecule has 4 nitrogen and oxygen atoms in total. The van der Waals surface area contributed by atoms with Crippen LogP contribution in [0, 0.1) is 6.92 Å². The van der Waals surface area contributed by atoms with Crippen LogP contribution >= 0.6 is 11.3 Å². The third-order valence-electron chi connectivity index (χ3n) is 3.00. The van der Waals surface area contributed by atoms with Gasteiger partial charge in [-0.25, -0.2) is 8.42 Å². The van der Waals surface area contributed by atoms with Crippen molar-refractivity contribution in [2.75, 3.05) is 23.9 Å². The molecule has 0 spiro atoms. The smallest absolute Gasteiger partial charge is 0.242 e. The number of hydrogen-bond donors (Lipinski definition) is 1. The quantitative estimate of drug-likeness (QED) is 0.846. The van der Waals surface area contributed by atoms with E-state index < -0.39 is 14.8 Å². The molecule has 2 rings (SSSR count). The highest BCUT2D eigenvalue weighted by molar-refractivity contribution is 7.94. The first kappa shape index (κ1) is 12.9. The summed E-state index contributed by atoms with van der Waals surface area (Å²) in [4.78, 5) is 1.13. The molecule has 1 fully saturated rings. The number of rotatable bonds is 1. The van der Waals surface area contributed by atoms with Gasteiger partial charge in [0.25, 0.3) is 0 Å². The molecule has 0 amide bonds. The molecule has 0 radical (unpaired) electrons. The molecule has 0 saturated carbocycles. The van der Waals surface area contributed by atoms with E-state index in [1.54, 1.807) is 18.2 Å². The minimum Gasteiger partial charge on any atom is -0.313 e. The van der Waals surface area contributed by atoms with E-state index >= 15 is 0 Å². The van der Waals surface area contributed by atoms with Gasteiger partial charge in [-0.1, -0.05) is 0 Å². The largest absolute Gasteiger partial charge is 0.313 e. The van der Waals surface area contributed by atoms with Crippen LogP contribution in [-0.2, 0) is 10.0 Å². The Bertz CT molecular complexity index is 505. The summed E-state index contributed by atoms with van der Waals surface area (Å²) in [5, 5.41) is 4.00. The minimum atomic E-state index is -3.30. The molecule has 0 bridgehead atoms. The van der Waals surface area contributed by atoms with E-state index in [4.69, 9.17) is 0 Å². The van der Waals surface area contributed by atoms with Crippen LogP contribution in [0.5, 0.6) is 0 Å². The van der Waals surface area contributed by atoms with Gasteiger partial charge in [0.1, 0.15) is 5.00 Å². The summed E-state index contributed by atoms with van der Waals surface area (Å²) in [6.07, 6.45) is 0. The van der Waals surface area contributed by atoms with Gasteiger partial charge in [0.2, 0.25) is 10.0 Å². The van der Waals surface area contributed by atoms with Crippen molar-refractivity contribution >= 4 is 26.4 Å². The summed E-state index contributed by atoms with van der Waals surface area (Å²) >= 11 is 1.53. The van der Waals surface area contributed by atoms with Gasteiger partial charge in [0, 0.05) is 24.5 Å². The van der Waals surface area contributed by atoms with Gasteiger partial charge >= 0.3 is 0 Å². The molecule has 1 aromatic heterocycles. The van der Waals surface area contributed by atoms with Gasteiger partial charge in [0.05, 0.1) is 4.75 Å². The van der Waals surface area contributed by atoms with Gasteiger partial charge in [-0.15, -0.1) is 11.3 Å². The average Bonchev–Trinajstić information content (AvgIpc) is 2.59. The zero-order valence-electron chi connectivity index (χ0n) is 10.4. The molecule has 1 aliphatic rings. The van der Waals surface area contributed by atoms with Crippen molar-refractivity contribution in [1.29, 1.82) is 0 Å². The molecule has 1 aromatic rings. The lowest BCUT2D eigenvalue weighted by Gasteiger charge is -2.29. The predicted octanol–water partition coefficient (Wildman–Crippen LogP) is 1.57. The normalized spacial score (nSPS) is 23.4. The Morgan fingerprint density at radius 1 is 1.41 bits per heavy atom. The molecule has 1 aliphatic heterocycles. The van der Waals surface area contributed by atoms with Crippen molar-refractivity contribution in [3.8, 4) is 0 Å². The molecule has 0 aromatic carbocycles. The zero-order chi connectivity index (χ0) is 12.7. The van der Waals surface area contributed by atoms with Gasteiger partial charge in [-0.05, 0) is 32.9 Å². The van der Waals surface area contributed by atoms with Gasteiger partial charge < -0.3 is 5.32 Å². The number of thiophene rings is 1. The molecule has 1 saturated heterocycles. The van der Waals surface area contributed by atoms with Crippen LogP contribution in [0.4, 0.5) is 5.00 Å². The summed E-state index contributed by atoms with van der Waals surface area (Å²) in [5.41, 5.74) is 0. The lowest BCUT2D eigenvalue weighted by molar-refractivity contribution is 0.535. The fourth-order valence-electron chi connectivity index (χ4n) is 1.86. The minimum absolute atomic E-state index is 0.496. The average molecular weight is 274 g/mol. The zero-order valence-corrected chi connectivity index (χ0v) is 12.0. The summed E-state index contributed by atoms with van der Waals surface area (Å²) in [6, 6.07) is 3.85. The van der Waals surface area contributed by atoms with Crippen LogP contribution in [0.15, 0.2) is 12.1 Å². The maximum atomic E-state index is 12.6. The van der Waals surface area contributed by atoms with Gasteiger partial charge in [-0.3, -0.25) is 4.31 Å². The van der Waals surface area contributed by atoms with E-state index in [0.717, 1.165) is 9.88 Å². The van der Waals surface area contributed by atoms with E-state index in [9.17, 15) is 8.42 Å². The number of sulfonamides is 1. The second-order valence-corrected chi connectivity index (χ2v) is 8.66. The number of nitrogens with zero attached hydrogens (tertiary/aromatic N) is 1. The highest BCUT2D eigenvalue weighted by Gasteiger charge is 2.41. The van der Waals surface area contributed by atoms with E-state index in [1.807, 2.05) is 19.1 Å². The third kappa shape index (κ3) is 2.21. The Morgan fingerprint density at radius 2 is 2.12 bits per heavy atom. The Morgan fingerprint density at radius 3 is 2.71 bits per heavy atom. The number of hydrogen-bond acceptors (Lipinski definition) is 4. The molecule has 0 atom stereocenters. The predicted molar refractivity (Wildman–Crippen MR) is 72.3 cm³/mol. The molecular formula is C11H18N2O2S2. The molecule has 17 heavy (non-hydrogen) atoms. The Balaban J connectivity index is 2.45. The van der Waals surface area contributed by atoms with E-state index in [2.05, 4.69) is 5.32 Å². The van der Waals surface area contributed by atoms with Crippen molar-refractivity contribution in [3.05, 3.63) is 17.0 Å². The lowest BCUT2D eigenvalue weighted by Crippen LogP contribution is -2.46. The first-order valence-corrected chi connectivity index (χ1v) is 7.90. The van der Waals surface area contributed by atoms with Crippen LogP contribution in [0.1, 0.15) is 18.7 Å². The van der Waals surface area contributed by atoms with Crippen molar-refractivity contribution in [2.45, 2.75) is 25.5 Å². The van der Waals surface area contributed by atoms with E-state index in [1.165, 1.54) is 11.3 Å². The monoisotopic (exact) mass is 274 g/mol. The second kappa shape index (κ2) is 4.26. The van der Waals surface area contributed by atoms with Crippen LogP contribution in [-0.4, -0.2) is 32.8 Å². The summed E-state index contributed by atoms with van der Waals surface area (Å²) in [5.74, 6) is 0. The maximum absolute atomic E-state index is 12.6. The SMILES string of the molecule is Cc1ccc(N2CCNCC(C)(C)S2(=O)=O)s1. The second-order valence-electron chi connectivity index (χ2n) is 4.90. The fourth-order valence-corrected chi connectivity index (χ4v) is 4.58. The van der Waals surface area contributed by atoms with Crippen molar-refractivity contribution in [2.24, 2.45) is 0 Å². The molecule has 0 aliphatic carbocycles. The van der Waals surface area contributed by atoms with Crippen molar-refractivity contribution in [1.82, 2.24) is 5.32 Å². The molecule has 0 unspecified atom stereocenters. The summed E-state index contributed by atoms with van der Waals surface area (Å²) < 4.78 is 25.9. The lowest BCUT2D eigenvalue weighted by atomic mass is 10.2. The van der Waals surface area contributed by atoms with E-state index in [0.29, 0.717) is 19.6 Å². The Hall–Kier alpha value is -0.590. The molecule has 6 heteroatoms.